The monoisotopic (exact) mass is 371 g/mol. The van der Waals surface area contributed by atoms with Gasteiger partial charge in [-0.15, -0.1) is 5.10 Å². The Morgan fingerprint density at radius 3 is 2.62 bits per heavy atom. The third-order valence-corrected chi connectivity index (χ3v) is 4.81. The largest absolute Gasteiger partial charge is 0.368 e. The minimum Gasteiger partial charge on any atom is -0.368 e. The van der Waals surface area contributed by atoms with Crippen molar-refractivity contribution in [3.05, 3.63) is 64.2 Å². The summed E-state index contributed by atoms with van der Waals surface area (Å²) in [5.41, 5.74) is 1.30. The van der Waals surface area contributed by atoms with E-state index in [1.807, 2.05) is 30.3 Å². The molecule has 3 aromatic rings. The maximum Gasteiger partial charge on any atom is 0.350 e. The fraction of sp³-hybridized carbons (Fsp3) is 0.278. The Morgan fingerprint density at radius 1 is 1.08 bits per heavy atom. The smallest absolute Gasteiger partial charge is 0.350 e. The van der Waals surface area contributed by atoms with E-state index in [9.17, 15) is 9.59 Å². The first kappa shape index (κ1) is 16.7. The molecule has 26 heavy (non-hydrogen) atoms. The van der Waals surface area contributed by atoms with E-state index in [4.69, 9.17) is 11.6 Å². The van der Waals surface area contributed by atoms with Gasteiger partial charge in [0.05, 0.1) is 0 Å². The number of amides is 1. The van der Waals surface area contributed by atoms with Crippen LogP contribution in [0, 0.1) is 0 Å². The Labute approximate surface area is 155 Å². The maximum atomic E-state index is 12.6. The molecule has 8 heteroatoms. The normalized spacial score (nSPS) is 14.8. The number of hydrogen-bond acceptors (Lipinski definition) is 4. The van der Waals surface area contributed by atoms with Crippen molar-refractivity contribution in [3.63, 3.8) is 0 Å². The Bertz CT molecular complexity index is 1000. The molecule has 0 aliphatic carbocycles. The van der Waals surface area contributed by atoms with Crippen LogP contribution in [0.3, 0.4) is 0 Å². The van der Waals surface area contributed by atoms with Crippen molar-refractivity contribution >= 4 is 28.8 Å². The quantitative estimate of drug-likeness (QED) is 0.700. The third-order valence-electron chi connectivity index (χ3n) is 4.58. The van der Waals surface area contributed by atoms with Crippen molar-refractivity contribution in [2.45, 2.75) is 6.54 Å². The van der Waals surface area contributed by atoms with Crippen molar-refractivity contribution in [2.24, 2.45) is 0 Å². The summed E-state index contributed by atoms with van der Waals surface area (Å²) in [5, 5.41) is 4.91. The third kappa shape index (κ3) is 3.17. The number of pyridine rings is 1. The fourth-order valence-corrected chi connectivity index (χ4v) is 3.37. The number of fused-ring (bicyclic) bond motifs is 1. The van der Waals surface area contributed by atoms with E-state index < -0.39 is 0 Å². The molecule has 1 fully saturated rings. The van der Waals surface area contributed by atoms with Gasteiger partial charge in [0.25, 0.3) is 0 Å². The Hall–Kier alpha value is -2.80. The summed E-state index contributed by atoms with van der Waals surface area (Å²) in [5.74, 6) is -0.0961. The molecule has 0 saturated carbocycles. The van der Waals surface area contributed by atoms with Crippen LogP contribution >= 0.6 is 11.6 Å². The predicted molar refractivity (Wildman–Crippen MR) is 99.7 cm³/mol. The van der Waals surface area contributed by atoms with Gasteiger partial charge >= 0.3 is 5.69 Å². The highest BCUT2D eigenvalue weighted by Gasteiger charge is 2.22. The van der Waals surface area contributed by atoms with Gasteiger partial charge in [-0.05, 0) is 30.3 Å². The van der Waals surface area contributed by atoms with Gasteiger partial charge in [0.1, 0.15) is 6.54 Å². The second-order valence-corrected chi connectivity index (χ2v) is 6.65. The van der Waals surface area contributed by atoms with E-state index in [2.05, 4.69) is 10.00 Å². The van der Waals surface area contributed by atoms with Crippen LogP contribution < -0.4 is 10.6 Å². The lowest BCUT2D eigenvalue weighted by atomic mass is 10.2. The molecule has 2 aromatic heterocycles. The number of aromatic nitrogens is 3. The van der Waals surface area contributed by atoms with Crippen LogP contribution in [0.25, 0.3) is 5.65 Å². The first-order chi connectivity index (χ1) is 12.6. The SMILES string of the molecule is O=C(Cn1nc2ccccn2c1=O)N1CCN(c2cccc(Cl)c2)CC1. The van der Waals surface area contributed by atoms with Crippen molar-refractivity contribution in [2.75, 3.05) is 31.1 Å². The molecule has 0 atom stereocenters. The van der Waals surface area contributed by atoms with E-state index >= 15 is 0 Å². The van der Waals surface area contributed by atoms with Crippen molar-refractivity contribution in [1.82, 2.24) is 19.1 Å². The van der Waals surface area contributed by atoms with E-state index in [0.717, 1.165) is 18.8 Å². The molecule has 7 nitrogen and oxygen atoms in total. The predicted octanol–water partition coefficient (Wildman–Crippen LogP) is 1.50. The minimum atomic E-state index is -0.300. The maximum absolute atomic E-state index is 12.6. The van der Waals surface area contributed by atoms with E-state index in [-0.39, 0.29) is 18.1 Å². The fourth-order valence-electron chi connectivity index (χ4n) is 3.19. The van der Waals surface area contributed by atoms with Crippen molar-refractivity contribution < 1.29 is 4.79 Å². The van der Waals surface area contributed by atoms with Gasteiger partial charge in [0.15, 0.2) is 5.65 Å². The number of halogens is 1. The number of rotatable bonds is 3. The lowest BCUT2D eigenvalue weighted by Gasteiger charge is -2.36. The van der Waals surface area contributed by atoms with Crippen LogP contribution in [0.2, 0.25) is 5.02 Å². The van der Waals surface area contributed by atoms with E-state index in [1.54, 1.807) is 23.2 Å². The molecule has 1 aliphatic heterocycles. The molecule has 0 unspecified atom stereocenters. The standard InChI is InChI=1S/C18H18ClN5O2/c19-14-4-3-5-15(12-14)21-8-10-22(11-9-21)17(25)13-24-18(26)23-7-2-1-6-16(23)20-24/h1-7,12H,8-11,13H2. The second-order valence-electron chi connectivity index (χ2n) is 6.22. The highest BCUT2D eigenvalue weighted by Crippen LogP contribution is 2.20. The van der Waals surface area contributed by atoms with Gasteiger partial charge < -0.3 is 9.80 Å². The van der Waals surface area contributed by atoms with Crippen LogP contribution in [0.4, 0.5) is 5.69 Å². The lowest BCUT2D eigenvalue weighted by molar-refractivity contribution is -0.132. The summed E-state index contributed by atoms with van der Waals surface area (Å²) in [6.45, 7) is 2.62. The minimum absolute atomic E-state index is 0.0440. The highest BCUT2D eigenvalue weighted by molar-refractivity contribution is 6.30. The summed E-state index contributed by atoms with van der Waals surface area (Å²) in [7, 11) is 0. The van der Waals surface area contributed by atoms with Crippen molar-refractivity contribution in [3.8, 4) is 0 Å². The van der Waals surface area contributed by atoms with Crippen LogP contribution in [0.5, 0.6) is 0 Å². The molecule has 3 heterocycles. The van der Waals surface area contributed by atoms with E-state index in [0.29, 0.717) is 23.8 Å². The average Bonchev–Trinajstić information content (AvgIpc) is 2.98. The molecule has 4 rings (SSSR count). The van der Waals surface area contributed by atoms with Crippen LogP contribution in [-0.4, -0.2) is 51.2 Å². The second kappa shape index (κ2) is 6.84. The zero-order valence-electron chi connectivity index (χ0n) is 14.1. The van der Waals surface area contributed by atoms with Gasteiger partial charge in [0.2, 0.25) is 5.91 Å². The number of anilines is 1. The molecular weight excluding hydrogens is 354 g/mol. The van der Waals surface area contributed by atoms with Crippen LogP contribution in [-0.2, 0) is 11.3 Å². The molecule has 1 amide bonds. The molecule has 1 saturated heterocycles. The van der Waals surface area contributed by atoms with Crippen LogP contribution in [0.1, 0.15) is 0 Å². The Kier molecular flexibility index (Phi) is 4.38. The number of benzene rings is 1. The molecule has 1 aliphatic rings. The number of hydrogen-bond donors (Lipinski definition) is 0. The molecule has 0 radical (unpaired) electrons. The lowest BCUT2D eigenvalue weighted by Crippen LogP contribution is -2.50. The van der Waals surface area contributed by atoms with Gasteiger partial charge in [0, 0.05) is 43.1 Å². The zero-order valence-corrected chi connectivity index (χ0v) is 14.8. The molecular formula is C18H18ClN5O2. The van der Waals surface area contributed by atoms with Gasteiger partial charge in [-0.25, -0.2) is 9.48 Å². The first-order valence-electron chi connectivity index (χ1n) is 8.44. The number of nitrogens with zero attached hydrogens (tertiary/aromatic N) is 5. The first-order valence-corrected chi connectivity index (χ1v) is 8.82. The molecule has 0 bridgehead atoms. The highest BCUT2D eigenvalue weighted by atomic mass is 35.5. The molecule has 0 spiro atoms. The van der Waals surface area contributed by atoms with Gasteiger partial charge in [-0.3, -0.25) is 9.20 Å². The molecule has 134 valence electrons. The number of carbonyl (C=O) groups excluding carboxylic acids is 1. The van der Waals surface area contributed by atoms with Crippen molar-refractivity contribution in [1.29, 1.82) is 0 Å². The number of piperazine rings is 1. The van der Waals surface area contributed by atoms with Gasteiger partial charge in [-0.2, -0.15) is 0 Å². The average molecular weight is 372 g/mol. The van der Waals surface area contributed by atoms with Gasteiger partial charge in [-0.1, -0.05) is 23.7 Å². The van der Waals surface area contributed by atoms with Crippen LogP contribution in [0.15, 0.2) is 53.5 Å². The number of carbonyl (C=O) groups is 1. The zero-order chi connectivity index (χ0) is 18.1. The summed E-state index contributed by atoms with van der Waals surface area (Å²) < 4.78 is 2.66. The molecule has 1 aromatic carbocycles. The Balaban J connectivity index is 1.42. The summed E-state index contributed by atoms with van der Waals surface area (Å²) in [6, 6.07) is 13.0. The molecule has 0 N–H and O–H groups in total. The summed E-state index contributed by atoms with van der Waals surface area (Å²) >= 11 is 6.05. The van der Waals surface area contributed by atoms with E-state index in [1.165, 1.54) is 9.08 Å². The topological polar surface area (TPSA) is 62.9 Å². The summed E-state index contributed by atoms with van der Waals surface area (Å²) in [6.07, 6.45) is 1.65. The Morgan fingerprint density at radius 2 is 1.88 bits per heavy atom. The summed E-state index contributed by atoms with van der Waals surface area (Å²) in [4.78, 5) is 28.8.